The zero-order valence-electron chi connectivity index (χ0n) is 10.1. The average molecular weight is 238 g/mol. The molecular weight excluding hydrogens is 224 g/mol. The molecule has 0 bridgehead atoms. The molecule has 1 aliphatic carbocycles. The molecule has 3 heteroatoms. The predicted octanol–water partition coefficient (Wildman–Crippen LogP) is 2.82. The summed E-state index contributed by atoms with van der Waals surface area (Å²) in [4.78, 5) is 16.9. The zero-order chi connectivity index (χ0) is 12.1. The van der Waals surface area contributed by atoms with Crippen molar-refractivity contribution in [3.05, 3.63) is 41.3 Å². The molecule has 1 aliphatic heterocycles. The fourth-order valence-electron chi connectivity index (χ4n) is 3.11. The maximum Gasteiger partial charge on any atom is 0.214 e. The van der Waals surface area contributed by atoms with Crippen molar-refractivity contribution < 1.29 is 4.79 Å². The lowest BCUT2D eigenvalue weighted by Gasteiger charge is -2.08. The Morgan fingerprint density at radius 1 is 1.06 bits per heavy atom. The predicted molar refractivity (Wildman–Crippen MR) is 68.7 cm³/mol. The molecular formula is C15H14N2O. The second-order valence-corrected chi connectivity index (χ2v) is 5.06. The van der Waals surface area contributed by atoms with Crippen molar-refractivity contribution in [2.45, 2.75) is 32.2 Å². The lowest BCUT2D eigenvalue weighted by atomic mass is 10.1. The van der Waals surface area contributed by atoms with Gasteiger partial charge in [-0.2, -0.15) is 0 Å². The molecule has 0 radical (unpaired) electrons. The standard InChI is InChI=1S/C15H14N2O/c18-15-11-7-4-3-6-10(11)14-13(15)16-12-8-2-1-5-9-17(12)14/h3-4,6-7H,1-2,5,8-9H2. The average Bonchev–Trinajstić information content (AvgIpc) is 2.78. The van der Waals surface area contributed by atoms with Gasteiger partial charge in [-0.15, -0.1) is 0 Å². The zero-order valence-corrected chi connectivity index (χ0v) is 10.1. The minimum atomic E-state index is 0.0983. The molecule has 0 unspecified atom stereocenters. The minimum absolute atomic E-state index is 0.0983. The summed E-state index contributed by atoms with van der Waals surface area (Å²) in [6, 6.07) is 7.87. The number of nitrogens with zero attached hydrogens (tertiary/aromatic N) is 2. The number of rotatable bonds is 0. The molecule has 0 saturated carbocycles. The van der Waals surface area contributed by atoms with E-state index in [0.29, 0.717) is 5.69 Å². The van der Waals surface area contributed by atoms with Crippen LogP contribution in [0.2, 0.25) is 0 Å². The first kappa shape index (κ1) is 10.1. The van der Waals surface area contributed by atoms with Crippen LogP contribution in [0.15, 0.2) is 24.3 Å². The Balaban J connectivity index is 2.00. The highest BCUT2D eigenvalue weighted by molar-refractivity contribution is 6.20. The number of benzene rings is 1. The number of imidazole rings is 1. The summed E-state index contributed by atoms with van der Waals surface area (Å²) in [6.07, 6.45) is 4.63. The normalized spacial score (nSPS) is 17.0. The fourth-order valence-corrected chi connectivity index (χ4v) is 3.11. The van der Waals surface area contributed by atoms with Crippen molar-refractivity contribution in [3.8, 4) is 11.3 Å². The quantitative estimate of drug-likeness (QED) is 0.603. The summed E-state index contributed by atoms with van der Waals surface area (Å²) in [7, 11) is 0. The number of aryl methyl sites for hydroxylation is 1. The Kier molecular flexibility index (Phi) is 1.98. The van der Waals surface area contributed by atoms with Gasteiger partial charge in [0.15, 0.2) is 0 Å². The number of fused-ring (bicyclic) bond motifs is 5. The highest BCUT2D eigenvalue weighted by Gasteiger charge is 2.33. The summed E-state index contributed by atoms with van der Waals surface area (Å²) < 4.78 is 2.27. The van der Waals surface area contributed by atoms with Crippen LogP contribution in [0.5, 0.6) is 0 Å². The van der Waals surface area contributed by atoms with Gasteiger partial charge < -0.3 is 4.57 Å². The molecule has 4 rings (SSSR count). The number of hydrogen-bond acceptors (Lipinski definition) is 2. The Hall–Kier alpha value is -1.90. The fraction of sp³-hybridized carbons (Fsp3) is 0.333. The summed E-state index contributed by atoms with van der Waals surface area (Å²) in [6.45, 7) is 0.999. The van der Waals surface area contributed by atoms with Crippen LogP contribution in [-0.4, -0.2) is 15.3 Å². The molecule has 1 aromatic heterocycles. The molecule has 0 amide bonds. The van der Waals surface area contributed by atoms with Gasteiger partial charge >= 0.3 is 0 Å². The molecule has 0 saturated heterocycles. The first-order valence-electron chi connectivity index (χ1n) is 6.60. The topological polar surface area (TPSA) is 34.9 Å². The van der Waals surface area contributed by atoms with Gasteiger partial charge in [0.05, 0.1) is 5.69 Å². The Bertz CT molecular complexity index is 655. The molecule has 18 heavy (non-hydrogen) atoms. The molecule has 3 nitrogen and oxygen atoms in total. The van der Waals surface area contributed by atoms with E-state index in [1.807, 2.05) is 24.3 Å². The van der Waals surface area contributed by atoms with Crippen LogP contribution in [0.1, 0.15) is 41.1 Å². The van der Waals surface area contributed by atoms with Gasteiger partial charge in [0.1, 0.15) is 11.5 Å². The highest BCUT2D eigenvalue weighted by atomic mass is 16.1. The van der Waals surface area contributed by atoms with Gasteiger partial charge in [0.2, 0.25) is 5.78 Å². The van der Waals surface area contributed by atoms with Gasteiger partial charge in [-0.1, -0.05) is 30.7 Å². The van der Waals surface area contributed by atoms with Crippen LogP contribution < -0.4 is 0 Å². The van der Waals surface area contributed by atoms with E-state index < -0.39 is 0 Å². The van der Waals surface area contributed by atoms with E-state index in [9.17, 15) is 4.79 Å². The highest BCUT2D eigenvalue weighted by Crippen LogP contribution is 2.37. The van der Waals surface area contributed by atoms with Crippen LogP contribution in [0.25, 0.3) is 11.3 Å². The van der Waals surface area contributed by atoms with Crippen molar-refractivity contribution in [1.29, 1.82) is 0 Å². The van der Waals surface area contributed by atoms with E-state index in [4.69, 9.17) is 0 Å². The molecule has 0 spiro atoms. The molecule has 1 aromatic carbocycles. The number of carbonyl (C=O) groups excluding carboxylic acids is 1. The van der Waals surface area contributed by atoms with Crippen molar-refractivity contribution in [2.75, 3.05) is 0 Å². The maximum absolute atomic E-state index is 12.3. The smallest absolute Gasteiger partial charge is 0.214 e. The van der Waals surface area contributed by atoms with E-state index in [-0.39, 0.29) is 5.78 Å². The number of carbonyl (C=O) groups is 1. The molecule has 90 valence electrons. The summed E-state index contributed by atoms with van der Waals surface area (Å²) in [5.41, 5.74) is 3.62. The number of ketones is 1. The van der Waals surface area contributed by atoms with Gasteiger partial charge in [-0.05, 0) is 12.8 Å². The minimum Gasteiger partial charge on any atom is -0.327 e. The van der Waals surface area contributed by atoms with Gasteiger partial charge in [-0.25, -0.2) is 4.98 Å². The summed E-state index contributed by atoms with van der Waals surface area (Å²) in [5.74, 6) is 1.20. The summed E-state index contributed by atoms with van der Waals surface area (Å²) in [5, 5.41) is 0. The van der Waals surface area contributed by atoms with Crippen LogP contribution in [-0.2, 0) is 13.0 Å². The van der Waals surface area contributed by atoms with E-state index in [1.54, 1.807) is 0 Å². The molecule has 0 fully saturated rings. The lowest BCUT2D eigenvalue weighted by Crippen LogP contribution is -2.03. The monoisotopic (exact) mass is 238 g/mol. The van der Waals surface area contributed by atoms with Crippen molar-refractivity contribution >= 4 is 5.78 Å². The van der Waals surface area contributed by atoms with Crippen molar-refractivity contribution in [1.82, 2.24) is 9.55 Å². The molecule has 2 aliphatic rings. The van der Waals surface area contributed by atoms with Crippen LogP contribution >= 0.6 is 0 Å². The van der Waals surface area contributed by atoms with Crippen LogP contribution in [0.4, 0.5) is 0 Å². The summed E-state index contributed by atoms with van der Waals surface area (Å²) >= 11 is 0. The first-order chi connectivity index (χ1) is 8.86. The van der Waals surface area contributed by atoms with Crippen LogP contribution in [0.3, 0.4) is 0 Å². The van der Waals surface area contributed by atoms with E-state index >= 15 is 0 Å². The van der Waals surface area contributed by atoms with Gasteiger partial charge in [-0.3, -0.25) is 4.79 Å². The largest absolute Gasteiger partial charge is 0.327 e. The number of aromatic nitrogens is 2. The second kappa shape index (κ2) is 3.55. The lowest BCUT2D eigenvalue weighted by molar-refractivity contribution is 0.103. The van der Waals surface area contributed by atoms with Crippen molar-refractivity contribution in [3.63, 3.8) is 0 Å². The Morgan fingerprint density at radius 2 is 1.89 bits per heavy atom. The molecule has 2 aromatic rings. The maximum atomic E-state index is 12.3. The van der Waals surface area contributed by atoms with Crippen LogP contribution in [0, 0.1) is 0 Å². The second-order valence-electron chi connectivity index (χ2n) is 5.06. The van der Waals surface area contributed by atoms with E-state index in [1.165, 1.54) is 19.3 Å². The third-order valence-corrected chi connectivity index (χ3v) is 3.97. The van der Waals surface area contributed by atoms with Gasteiger partial charge in [0, 0.05) is 24.1 Å². The Labute approximate surface area is 105 Å². The van der Waals surface area contributed by atoms with E-state index in [2.05, 4.69) is 9.55 Å². The molecule has 0 atom stereocenters. The van der Waals surface area contributed by atoms with E-state index in [0.717, 1.165) is 35.6 Å². The number of hydrogen-bond donors (Lipinski definition) is 0. The Morgan fingerprint density at radius 3 is 2.78 bits per heavy atom. The van der Waals surface area contributed by atoms with Crippen molar-refractivity contribution in [2.24, 2.45) is 0 Å². The van der Waals surface area contributed by atoms with Gasteiger partial charge in [0.25, 0.3) is 0 Å². The molecule has 2 heterocycles. The third-order valence-electron chi connectivity index (χ3n) is 3.97. The SMILES string of the molecule is O=C1c2ccccc2-c2c1nc1n2CCCCC1. The first-order valence-corrected chi connectivity index (χ1v) is 6.60. The third kappa shape index (κ3) is 1.19. The molecule has 0 N–H and O–H groups in total.